The maximum Gasteiger partial charge on any atom is 0.213 e. The Morgan fingerprint density at radius 1 is 1.50 bits per heavy atom. The summed E-state index contributed by atoms with van der Waals surface area (Å²) in [6.07, 6.45) is 4.35. The molecule has 0 aliphatic carbocycles. The third-order valence-corrected chi connectivity index (χ3v) is 3.31. The van der Waals surface area contributed by atoms with Crippen LogP contribution in [0.4, 0.5) is 5.13 Å². The summed E-state index contributed by atoms with van der Waals surface area (Å²) >= 11 is 1.51. The summed E-state index contributed by atoms with van der Waals surface area (Å²) in [6.45, 7) is 6.55. The highest BCUT2D eigenvalue weighted by molar-refractivity contribution is 7.15. The van der Waals surface area contributed by atoms with Gasteiger partial charge in [-0.2, -0.15) is 0 Å². The topological polar surface area (TPSA) is 54.0 Å². The number of nitrogens with one attached hydrogen (secondary N) is 2. The first-order chi connectivity index (χ1) is 7.77. The molecule has 0 radical (unpaired) electrons. The first-order valence-electron chi connectivity index (χ1n) is 5.65. The molecule has 1 saturated heterocycles. The Kier molecular flexibility index (Phi) is 6.03. The Hall–Kier alpha value is -0.940. The van der Waals surface area contributed by atoms with E-state index in [0.29, 0.717) is 11.5 Å². The lowest BCUT2D eigenvalue weighted by Crippen LogP contribution is -2.03. The van der Waals surface area contributed by atoms with Crippen LogP contribution >= 0.6 is 11.3 Å². The number of aryl methyl sites for hydroxylation is 2. The lowest BCUT2D eigenvalue weighted by molar-refractivity contribution is -0.105. The van der Waals surface area contributed by atoms with E-state index in [9.17, 15) is 4.79 Å². The van der Waals surface area contributed by atoms with E-state index in [1.807, 2.05) is 13.8 Å². The zero-order valence-corrected chi connectivity index (χ0v) is 10.7. The predicted octanol–water partition coefficient (Wildman–Crippen LogP) is 1.95. The molecule has 90 valence electrons. The molecule has 2 heterocycles. The molecule has 1 aliphatic rings. The molecule has 1 aliphatic heterocycles. The number of carbonyl (C=O) groups excluding carboxylic acids is 1. The van der Waals surface area contributed by atoms with Gasteiger partial charge in [0.25, 0.3) is 0 Å². The van der Waals surface area contributed by atoms with E-state index in [2.05, 4.69) is 15.6 Å². The summed E-state index contributed by atoms with van der Waals surface area (Å²) in [5.41, 5.74) is 1.07. The lowest BCUT2D eigenvalue weighted by Gasteiger charge is -1.87. The average Bonchev–Trinajstić information content (AvgIpc) is 2.91. The van der Waals surface area contributed by atoms with Crippen molar-refractivity contribution in [3.8, 4) is 0 Å². The number of amides is 1. The number of rotatable bonds is 3. The third-order valence-electron chi connectivity index (χ3n) is 2.37. The van der Waals surface area contributed by atoms with Crippen molar-refractivity contribution < 1.29 is 4.79 Å². The Morgan fingerprint density at radius 2 is 2.19 bits per heavy atom. The molecule has 0 bridgehead atoms. The van der Waals surface area contributed by atoms with Crippen LogP contribution in [0, 0.1) is 6.92 Å². The monoisotopic (exact) mass is 241 g/mol. The van der Waals surface area contributed by atoms with E-state index in [0.717, 1.165) is 12.1 Å². The van der Waals surface area contributed by atoms with Crippen LogP contribution in [-0.4, -0.2) is 24.5 Å². The zero-order valence-electron chi connectivity index (χ0n) is 9.88. The van der Waals surface area contributed by atoms with Gasteiger partial charge in [-0.25, -0.2) is 4.98 Å². The highest BCUT2D eigenvalue weighted by Crippen LogP contribution is 2.21. The number of hydrogen-bond donors (Lipinski definition) is 2. The molecule has 1 fully saturated rings. The van der Waals surface area contributed by atoms with Gasteiger partial charge in [-0.3, -0.25) is 4.79 Å². The fourth-order valence-electron chi connectivity index (χ4n) is 1.49. The normalized spacial score (nSPS) is 14.1. The van der Waals surface area contributed by atoms with E-state index in [-0.39, 0.29) is 0 Å². The maximum absolute atomic E-state index is 10.0. The Labute approximate surface area is 100 Å². The summed E-state index contributed by atoms with van der Waals surface area (Å²) in [5, 5.41) is 6.44. The van der Waals surface area contributed by atoms with E-state index >= 15 is 0 Å². The van der Waals surface area contributed by atoms with Gasteiger partial charge in [-0.15, -0.1) is 11.3 Å². The summed E-state index contributed by atoms with van der Waals surface area (Å²) in [6, 6.07) is 0. The van der Waals surface area contributed by atoms with Crippen LogP contribution in [0.3, 0.4) is 0 Å². The van der Waals surface area contributed by atoms with Gasteiger partial charge in [0.15, 0.2) is 5.13 Å². The molecule has 1 aromatic heterocycles. The Morgan fingerprint density at radius 3 is 2.56 bits per heavy atom. The van der Waals surface area contributed by atoms with Crippen LogP contribution in [0.15, 0.2) is 0 Å². The highest BCUT2D eigenvalue weighted by Gasteiger charge is 2.03. The standard InChI is InChI=1S/C7H10N2OS.C4H9N/c1-3-6-5(2)11-7(9-6)8-4-10;1-2-4-5-3-1/h4H,3H2,1-2H3,(H,8,9,10);5H,1-4H2. The molecule has 5 heteroatoms. The first kappa shape index (κ1) is 13.1. The second kappa shape index (κ2) is 7.35. The molecule has 16 heavy (non-hydrogen) atoms. The van der Waals surface area contributed by atoms with Crippen LogP contribution in [0.25, 0.3) is 0 Å². The molecule has 0 saturated carbocycles. The summed E-state index contributed by atoms with van der Waals surface area (Å²) in [7, 11) is 0. The molecular weight excluding hydrogens is 222 g/mol. The van der Waals surface area contributed by atoms with Gasteiger partial charge in [-0.1, -0.05) is 6.92 Å². The van der Waals surface area contributed by atoms with Crippen molar-refractivity contribution in [2.45, 2.75) is 33.1 Å². The van der Waals surface area contributed by atoms with Crippen LogP contribution in [0.5, 0.6) is 0 Å². The van der Waals surface area contributed by atoms with Gasteiger partial charge in [0.05, 0.1) is 5.69 Å². The van der Waals surface area contributed by atoms with Gasteiger partial charge in [0, 0.05) is 4.88 Å². The molecule has 2 N–H and O–H groups in total. The average molecular weight is 241 g/mol. The van der Waals surface area contributed by atoms with Crippen molar-refractivity contribution in [1.29, 1.82) is 0 Å². The second-order valence-corrected chi connectivity index (χ2v) is 4.80. The molecule has 0 aromatic carbocycles. The molecule has 0 unspecified atom stereocenters. The van der Waals surface area contributed by atoms with Gasteiger partial charge in [0.2, 0.25) is 6.41 Å². The number of aromatic nitrogens is 1. The minimum atomic E-state index is 0.651. The number of anilines is 1. The van der Waals surface area contributed by atoms with Gasteiger partial charge < -0.3 is 10.6 Å². The summed E-state index contributed by atoms with van der Waals surface area (Å²) in [4.78, 5) is 15.4. The van der Waals surface area contributed by atoms with Crippen LogP contribution in [-0.2, 0) is 11.2 Å². The Bertz CT molecular complexity index is 313. The molecule has 0 spiro atoms. The molecule has 2 rings (SSSR count). The van der Waals surface area contributed by atoms with Crippen LogP contribution in [0.2, 0.25) is 0 Å². The van der Waals surface area contributed by atoms with Gasteiger partial charge in [0.1, 0.15) is 0 Å². The Balaban J connectivity index is 0.000000212. The predicted molar refractivity (Wildman–Crippen MR) is 68.0 cm³/mol. The highest BCUT2D eigenvalue weighted by atomic mass is 32.1. The zero-order chi connectivity index (χ0) is 11.8. The summed E-state index contributed by atoms with van der Waals surface area (Å²) in [5.74, 6) is 0. The largest absolute Gasteiger partial charge is 0.317 e. The third kappa shape index (κ3) is 4.28. The second-order valence-electron chi connectivity index (χ2n) is 3.59. The minimum Gasteiger partial charge on any atom is -0.317 e. The first-order valence-corrected chi connectivity index (χ1v) is 6.46. The molecule has 4 nitrogen and oxygen atoms in total. The molecule has 1 aromatic rings. The smallest absolute Gasteiger partial charge is 0.213 e. The summed E-state index contributed by atoms with van der Waals surface area (Å²) < 4.78 is 0. The van der Waals surface area contributed by atoms with Crippen LogP contribution in [0.1, 0.15) is 30.3 Å². The van der Waals surface area contributed by atoms with E-state index in [4.69, 9.17) is 0 Å². The van der Waals surface area contributed by atoms with E-state index < -0.39 is 0 Å². The number of nitrogens with zero attached hydrogens (tertiary/aromatic N) is 1. The SMILES string of the molecule is C1CCNC1.CCc1nc(NC=O)sc1C. The van der Waals surface area contributed by atoms with Crippen LogP contribution < -0.4 is 10.6 Å². The minimum absolute atomic E-state index is 0.651. The van der Waals surface area contributed by atoms with Gasteiger partial charge in [-0.05, 0) is 39.3 Å². The fourth-order valence-corrected chi connectivity index (χ4v) is 2.35. The quantitative estimate of drug-likeness (QED) is 0.795. The maximum atomic E-state index is 10.0. The van der Waals surface area contributed by atoms with Crippen molar-refractivity contribution in [1.82, 2.24) is 10.3 Å². The molecule has 0 atom stereocenters. The van der Waals surface area contributed by atoms with Crippen molar-refractivity contribution in [2.24, 2.45) is 0 Å². The van der Waals surface area contributed by atoms with E-state index in [1.165, 1.54) is 42.1 Å². The number of carbonyl (C=O) groups is 1. The van der Waals surface area contributed by atoms with Crippen molar-refractivity contribution in [3.05, 3.63) is 10.6 Å². The fraction of sp³-hybridized carbons (Fsp3) is 0.636. The lowest BCUT2D eigenvalue weighted by atomic mass is 10.3. The van der Waals surface area contributed by atoms with Crippen molar-refractivity contribution in [2.75, 3.05) is 18.4 Å². The number of thiazole rings is 1. The van der Waals surface area contributed by atoms with Crippen molar-refractivity contribution in [3.63, 3.8) is 0 Å². The van der Waals surface area contributed by atoms with Crippen molar-refractivity contribution >= 4 is 22.9 Å². The molecular formula is C11H19N3OS. The van der Waals surface area contributed by atoms with Gasteiger partial charge >= 0.3 is 0 Å². The van der Waals surface area contributed by atoms with E-state index in [1.54, 1.807) is 0 Å². The molecule has 1 amide bonds. The number of hydrogen-bond acceptors (Lipinski definition) is 4.